The van der Waals surface area contributed by atoms with E-state index in [4.69, 9.17) is 0 Å². The number of para-hydroxylation sites is 1. The van der Waals surface area contributed by atoms with Crippen LogP contribution in [0.4, 0.5) is 11.4 Å². The molecular weight excluding hydrogens is 360 g/mol. The van der Waals surface area contributed by atoms with Gasteiger partial charge >= 0.3 is 0 Å². The van der Waals surface area contributed by atoms with E-state index in [1.807, 2.05) is 50.2 Å². The molecule has 1 aliphatic heterocycles. The molecule has 1 heterocycles. The van der Waals surface area contributed by atoms with Gasteiger partial charge in [0.2, 0.25) is 10.0 Å². The highest BCUT2D eigenvalue weighted by molar-refractivity contribution is 7.92. The molecule has 0 unspecified atom stereocenters. The van der Waals surface area contributed by atoms with Crippen molar-refractivity contribution in [2.24, 2.45) is 0 Å². The summed E-state index contributed by atoms with van der Waals surface area (Å²) >= 11 is 0. The number of amides is 1. The first-order chi connectivity index (χ1) is 12.7. The zero-order chi connectivity index (χ0) is 19.8. The molecule has 6 heteroatoms. The van der Waals surface area contributed by atoms with Crippen molar-refractivity contribution in [2.75, 3.05) is 22.0 Å². The van der Waals surface area contributed by atoms with Crippen LogP contribution in [0.15, 0.2) is 42.5 Å². The maximum Gasteiger partial charge on any atom is 0.250 e. The first-order valence-corrected chi connectivity index (χ1v) is 11.0. The highest BCUT2D eigenvalue weighted by Crippen LogP contribution is 2.30. The Labute approximate surface area is 161 Å². The van der Waals surface area contributed by atoms with Gasteiger partial charge in [-0.3, -0.25) is 9.10 Å². The lowest BCUT2D eigenvalue weighted by molar-refractivity contribution is -0.119. The highest BCUT2D eigenvalue weighted by atomic mass is 32.2. The molecule has 0 bridgehead atoms. The van der Waals surface area contributed by atoms with Gasteiger partial charge in [-0.25, -0.2) is 8.42 Å². The van der Waals surface area contributed by atoms with Crippen molar-refractivity contribution in [3.05, 3.63) is 59.2 Å². The van der Waals surface area contributed by atoms with Gasteiger partial charge in [-0.2, -0.15) is 0 Å². The third-order valence-corrected chi connectivity index (χ3v) is 6.43. The molecule has 0 fully saturated rings. The molecule has 0 aliphatic carbocycles. The van der Waals surface area contributed by atoms with Gasteiger partial charge in [-0.1, -0.05) is 24.3 Å². The van der Waals surface area contributed by atoms with Gasteiger partial charge in [-0.05, 0) is 68.5 Å². The molecular formula is C21H26N2O3S. The van der Waals surface area contributed by atoms with Crippen LogP contribution >= 0.6 is 0 Å². The first kappa shape index (κ1) is 19.4. The normalized spacial score (nSPS) is 15.2. The molecule has 3 rings (SSSR count). The van der Waals surface area contributed by atoms with Crippen LogP contribution in [0.5, 0.6) is 0 Å². The smallest absolute Gasteiger partial charge is 0.250 e. The lowest BCUT2D eigenvalue weighted by Crippen LogP contribution is -2.50. The number of carbonyl (C=O) groups excluding carboxylic acids is 1. The van der Waals surface area contributed by atoms with Crippen molar-refractivity contribution in [1.29, 1.82) is 0 Å². The Balaban J connectivity index is 1.99. The fourth-order valence-corrected chi connectivity index (χ4v) is 4.81. The van der Waals surface area contributed by atoms with E-state index in [-0.39, 0.29) is 5.91 Å². The molecule has 2 aromatic rings. The van der Waals surface area contributed by atoms with E-state index >= 15 is 0 Å². The van der Waals surface area contributed by atoms with Gasteiger partial charge < -0.3 is 4.90 Å². The van der Waals surface area contributed by atoms with Gasteiger partial charge in [0.1, 0.15) is 6.04 Å². The van der Waals surface area contributed by atoms with Crippen molar-refractivity contribution in [3.8, 4) is 0 Å². The Kier molecular flexibility index (Phi) is 5.29. The summed E-state index contributed by atoms with van der Waals surface area (Å²) in [6, 6.07) is 12.5. The molecule has 0 saturated carbocycles. The van der Waals surface area contributed by atoms with Crippen molar-refractivity contribution >= 4 is 27.3 Å². The second-order valence-electron chi connectivity index (χ2n) is 7.23. The van der Waals surface area contributed by atoms with Crippen molar-refractivity contribution in [1.82, 2.24) is 0 Å². The number of fused-ring (bicyclic) bond motifs is 1. The number of anilines is 2. The van der Waals surface area contributed by atoms with E-state index < -0.39 is 16.1 Å². The second kappa shape index (κ2) is 7.35. The number of aryl methyl sites for hydroxylation is 3. The van der Waals surface area contributed by atoms with Gasteiger partial charge in [0.05, 0.1) is 11.9 Å². The Hall–Kier alpha value is -2.34. The van der Waals surface area contributed by atoms with Crippen LogP contribution in [0.3, 0.4) is 0 Å². The number of rotatable bonds is 4. The minimum absolute atomic E-state index is 0.203. The van der Waals surface area contributed by atoms with Crippen LogP contribution in [0.25, 0.3) is 0 Å². The quantitative estimate of drug-likeness (QED) is 0.809. The summed E-state index contributed by atoms with van der Waals surface area (Å²) in [5.74, 6) is -0.203. The summed E-state index contributed by atoms with van der Waals surface area (Å²) in [6.45, 7) is 6.18. The fraction of sp³-hybridized carbons (Fsp3) is 0.381. The van der Waals surface area contributed by atoms with E-state index in [0.29, 0.717) is 12.2 Å². The monoisotopic (exact) mass is 386 g/mol. The van der Waals surface area contributed by atoms with Crippen LogP contribution in [-0.2, 0) is 21.2 Å². The predicted octanol–water partition coefficient (Wildman–Crippen LogP) is 3.44. The summed E-state index contributed by atoms with van der Waals surface area (Å²) in [4.78, 5) is 15.0. The minimum atomic E-state index is -3.62. The van der Waals surface area contributed by atoms with Crippen LogP contribution in [-0.4, -0.2) is 33.2 Å². The molecule has 5 nitrogen and oxygen atoms in total. The summed E-state index contributed by atoms with van der Waals surface area (Å²) in [6.07, 6.45) is 2.95. The Morgan fingerprint density at radius 3 is 2.48 bits per heavy atom. The maximum atomic E-state index is 13.3. The van der Waals surface area contributed by atoms with E-state index in [1.54, 1.807) is 17.9 Å². The standard InChI is InChI=1S/C21H26N2O3S/c1-15-11-12-19(14-16(15)2)23(27(4,25)26)17(3)21(24)22-13-7-9-18-8-5-6-10-20(18)22/h5-6,8,10-12,14,17H,7,9,13H2,1-4H3/t17-/m1/s1. The molecule has 1 aliphatic rings. The molecule has 1 atom stereocenters. The molecule has 0 radical (unpaired) electrons. The molecule has 144 valence electrons. The number of sulfonamides is 1. The zero-order valence-corrected chi connectivity index (χ0v) is 17.1. The van der Waals surface area contributed by atoms with Gasteiger partial charge in [-0.15, -0.1) is 0 Å². The minimum Gasteiger partial charge on any atom is -0.310 e. The number of hydrogen-bond donors (Lipinski definition) is 0. The maximum absolute atomic E-state index is 13.3. The third kappa shape index (κ3) is 3.86. The van der Waals surface area contributed by atoms with E-state index in [9.17, 15) is 13.2 Å². The topological polar surface area (TPSA) is 57.7 Å². The van der Waals surface area contributed by atoms with Crippen molar-refractivity contribution in [2.45, 2.75) is 39.7 Å². The van der Waals surface area contributed by atoms with Crippen molar-refractivity contribution < 1.29 is 13.2 Å². The Morgan fingerprint density at radius 1 is 1.11 bits per heavy atom. The van der Waals surface area contributed by atoms with Crippen LogP contribution < -0.4 is 9.21 Å². The summed E-state index contributed by atoms with van der Waals surface area (Å²) in [5, 5.41) is 0. The largest absolute Gasteiger partial charge is 0.310 e. The zero-order valence-electron chi connectivity index (χ0n) is 16.3. The molecule has 0 spiro atoms. The molecule has 2 aromatic carbocycles. The van der Waals surface area contributed by atoms with Crippen LogP contribution in [0.2, 0.25) is 0 Å². The fourth-order valence-electron chi connectivity index (χ4n) is 3.65. The first-order valence-electron chi connectivity index (χ1n) is 9.16. The number of hydrogen-bond acceptors (Lipinski definition) is 3. The molecule has 0 saturated heterocycles. The average molecular weight is 387 g/mol. The van der Waals surface area contributed by atoms with Gasteiger partial charge in [0.25, 0.3) is 5.91 Å². The van der Waals surface area contributed by atoms with E-state index in [0.717, 1.165) is 41.5 Å². The Bertz CT molecular complexity index is 969. The predicted molar refractivity (Wildman–Crippen MR) is 110 cm³/mol. The third-order valence-electron chi connectivity index (χ3n) is 5.19. The van der Waals surface area contributed by atoms with Gasteiger partial charge in [0.15, 0.2) is 0 Å². The SMILES string of the molecule is Cc1ccc(N([C@H](C)C(=O)N2CCCc3ccccc32)S(C)(=O)=O)cc1C. The van der Waals surface area contributed by atoms with Crippen LogP contribution in [0.1, 0.15) is 30.0 Å². The van der Waals surface area contributed by atoms with E-state index in [2.05, 4.69) is 0 Å². The summed E-state index contributed by atoms with van der Waals surface area (Å²) in [5.41, 5.74) is 4.60. The number of nitrogens with zero attached hydrogens (tertiary/aromatic N) is 2. The lowest BCUT2D eigenvalue weighted by atomic mass is 10.0. The molecule has 27 heavy (non-hydrogen) atoms. The highest BCUT2D eigenvalue weighted by Gasteiger charge is 2.34. The van der Waals surface area contributed by atoms with Gasteiger partial charge in [0, 0.05) is 12.2 Å². The molecule has 0 N–H and O–H groups in total. The average Bonchev–Trinajstić information content (AvgIpc) is 2.62. The van der Waals surface area contributed by atoms with Crippen LogP contribution in [0, 0.1) is 13.8 Å². The van der Waals surface area contributed by atoms with E-state index in [1.165, 1.54) is 4.31 Å². The summed E-state index contributed by atoms with van der Waals surface area (Å²) in [7, 11) is -3.62. The molecule has 1 amide bonds. The molecule has 0 aromatic heterocycles. The second-order valence-corrected chi connectivity index (χ2v) is 9.08. The lowest BCUT2D eigenvalue weighted by Gasteiger charge is -2.35. The van der Waals surface area contributed by atoms with Crippen molar-refractivity contribution in [3.63, 3.8) is 0 Å². The summed E-state index contributed by atoms with van der Waals surface area (Å²) < 4.78 is 26.4. The Morgan fingerprint density at radius 2 is 1.81 bits per heavy atom. The number of benzene rings is 2. The number of carbonyl (C=O) groups is 1.